The van der Waals surface area contributed by atoms with Gasteiger partial charge >= 0.3 is 12.1 Å². The smallest absolute Gasteiger partial charge is 0.415 e. The number of hydrogen-bond donors (Lipinski definition) is 4. The molecule has 150 valence electrons. The van der Waals surface area contributed by atoms with Gasteiger partial charge in [-0.05, 0) is 29.8 Å². The molecular formula is C20H20N4O5. The Morgan fingerprint density at radius 3 is 2.45 bits per heavy atom. The number of amidine groups is 1. The van der Waals surface area contributed by atoms with Crippen molar-refractivity contribution in [3.8, 4) is 0 Å². The van der Waals surface area contributed by atoms with E-state index in [2.05, 4.69) is 5.32 Å². The predicted octanol–water partition coefficient (Wildman–Crippen LogP) is 1.11. The van der Waals surface area contributed by atoms with E-state index >= 15 is 0 Å². The van der Waals surface area contributed by atoms with Crippen molar-refractivity contribution in [2.24, 2.45) is 5.73 Å². The number of carboxylic acids is 1. The summed E-state index contributed by atoms with van der Waals surface area (Å²) in [5.74, 6) is -1.95. The molecular weight excluding hydrogens is 376 g/mol. The second kappa shape index (κ2) is 8.42. The van der Waals surface area contributed by atoms with Gasteiger partial charge in [-0.1, -0.05) is 30.3 Å². The minimum atomic E-state index is -1.18. The fraction of sp³-hybridized carbons (Fsp3) is 0.200. The van der Waals surface area contributed by atoms with Crippen molar-refractivity contribution in [2.45, 2.75) is 18.6 Å². The molecule has 2 atom stereocenters. The Balaban J connectivity index is 1.65. The molecule has 0 aromatic heterocycles. The Kier molecular flexibility index (Phi) is 5.77. The zero-order chi connectivity index (χ0) is 21.0. The molecule has 1 heterocycles. The predicted molar refractivity (Wildman–Crippen MR) is 105 cm³/mol. The molecule has 1 aliphatic heterocycles. The molecule has 1 aliphatic rings. The Morgan fingerprint density at radius 2 is 1.86 bits per heavy atom. The van der Waals surface area contributed by atoms with Gasteiger partial charge in [0.15, 0.2) is 6.10 Å². The van der Waals surface area contributed by atoms with Gasteiger partial charge in [0.2, 0.25) is 0 Å². The van der Waals surface area contributed by atoms with E-state index in [1.165, 1.54) is 4.90 Å². The third-order valence-electron chi connectivity index (χ3n) is 4.49. The Labute approximate surface area is 166 Å². The fourth-order valence-electron chi connectivity index (χ4n) is 2.95. The number of nitrogen functional groups attached to an aromatic ring is 1. The highest BCUT2D eigenvalue weighted by molar-refractivity contribution is 5.98. The Morgan fingerprint density at radius 1 is 1.21 bits per heavy atom. The van der Waals surface area contributed by atoms with Gasteiger partial charge in [0.1, 0.15) is 11.9 Å². The molecule has 1 saturated heterocycles. The van der Waals surface area contributed by atoms with Crippen LogP contribution in [0, 0.1) is 5.41 Å². The summed E-state index contributed by atoms with van der Waals surface area (Å²) < 4.78 is 5.11. The third kappa shape index (κ3) is 4.70. The van der Waals surface area contributed by atoms with Crippen LogP contribution in [-0.2, 0) is 20.7 Å². The SMILES string of the molecule is N=C(N)c1ccc(N2CC(C(=O)NC(Cc3ccccc3)C(=O)O)OC2=O)cc1. The van der Waals surface area contributed by atoms with Crippen LogP contribution in [0.3, 0.4) is 0 Å². The first-order valence-corrected chi connectivity index (χ1v) is 8.85. The van der Waals surface area contributed by atoms with Gasteiger partial charge in [-0.3, -0.25) is 15.1 Å². The molecule has 9 nitrogen and oxygen atoms in total. The standard InChI is InChI=1S/C20H20N4O5/c21-17(22)13-6-8-14(9-7-13)24-11-16(29-20(24)28)18(25)23-15(19(26)27)10-12-4-2-1-3-5-12/h1-9,15-16H,10-11H2,(H3,21,22)(H,23,25)(H,26,27). The average molecular weight is 396 g/mol. The summed E-state index contributed by atoms with van der Waals surface area (Å²) in [6.07, 6.45) is -1.73. The van der Waals surface area contributed by atoms with Gasteiger partial charge in [0.25, 0.3) is 5.91 Å². The van der Waals surface area contributed by atoms with Crippen LogP contribution in [0.4, 0.5) is 10.5 Å². The number of nitrogens with zero attached hydrogens (tertiary/aromatic N) is 1. The highest BCUT2D eigenvalue weighted by atomic mass is 16.6. The highest BCUT2D eigenvalue weighted by Gasteiger charge is 2.38. The van der Waals surface area contributed by atoms with Crippen molar-refractivity contribution in [3.05, 3.63) is 65.7 Å². The van der Waals surface area contributed by atoms with Crippen molar-refractivity contribution in [2.75, 3.05) is 11.4 Å². The number of carbonyl (C=O) groups is 3. The molecule has 0 saturated carbocycles. The first-order valence-electron chi connectivity index (χ1n) is 8.85. The second-order valence-electron chi connectivity index (χ2n) is 6.53. The van der Waals surface area contributed by atoms with Crippen LogP contribution < -0.4 is 16.0 Å². The fourth-order valence-corrected chi connectivity index (χ4v) is 2.95. The van der Waals surface area contributed by atoms with E-state index in [0.717, 1.165) is 5.56 Å². The van der Waals surface area contributed by atoms with Gasteiger partial charge in [-0.25, -0.2) is 9.59 Å². The van der Waals surface area contributed by atoms with Crippen LogP contribution in [0.1, 0.15) is 11.1 Å². The van der Waals surface area contributed by atoms with E-state index in [1.807, 2.05) is 6.07 Å². The summed E-state index contributed by atoms with van der Waals surface area (Å²) in [5, 5.41) is 19.3. The van der Waals surface area contributed by atoms with Crippen molar-refractivity contribution in [3.63, 3.8) is 0 Å². The zero-order valence-electron chi connectivity index (χ0n) is 15.4. The van der Waals surface area contributed by atoms with E-state index in [1.54, 1.807) is 48.5 Å². The molecule has 0 bridgehead atoms. The maximum atomic E-state index is 12.5. The lowest BCUT2D eigenvalue weighted by molar-refractivity contribution is -0.142. The molecule has 5 N–H and O–H groups in total. The second-order valence-corrected chi connectivity index (χ2v) is 6.53. The number of carbonyl (C=O) groups excluding carboxylic acids is 2. The summed E-state index contributed by atoms with van der Waals surface area (Å²) >= 11 is 0. The number of nitrogens with one attached hydrogen (secondary N) is 2. The molecule has 3 rings (SSSR count). The molecule has 1 fully saturated rings. The maximum absolute atomic E-state index is 12.5. The highest BCUT2D eigenvalue weighted by Crippen LogP contribution is 2.22. The van der Waals surface area contributed by atoms with Gasteiger partial charge < -0.3 is 20.9 Å². The van der Waals surface area contributed by atoms with Crippen LogP contribution >= 0.6 is 0 Å². The number of aliphatic carboxylic acids is 1. The third-order valence-corrected chi connectivity index (χ3v) is 4.49. The summed E-state index contributed by atoms with van der Waals surface area (Å²) in [6, 6.07) is 14.1. The minimum Gasteiger partial charge on any atom is -0.480 e. The van der Waals surface area contributed by atoms with E-state index in [4.69, 9.17) is 15.9 Å². The Bertz CT molecular complexity index is 930. The molecule has 9 heteroatoms. The molecule has 29 heavy (non-hydrogen) atoms. The summed E-state index contributed by atoms with van der Waals surface area (Å²) in [7, 11) is 0. The summed E-state index contributed by atoms with van der Waals surface area (Å²) in [5.41, 5.74) is 7.15. The van der Waals surface area contributed by atoms with Gasteiger partial charge in [-0.2, -0.15) is 0 Å². The number of carboxylic acid groups (broad SMARTS) is 1. The topological polar surface area (TPSA) is 146 Å². The van der Waals surface area contributed by atoms with Crippen LogP contribution in [0.25, 0.3) is 0 Å². The number of rotatable bonds is 7. The van der Waals surface area contributed by atoms with Crippen LogP contribution in [-0.4, -0.2) is 47.6 Å². The largest absolute Gasteiger partial charge is 0.480 e. The molecule has 2 aromatic carbocycles. The first kappa shape index (κ1) is 19.9. The van der Waals surface area contributed by atoms with E-state index in [9.17, 15) is 19.5 Å². The molecule has 2 aromatic rings. The molecule has 0 radical (unpaired) electrons. The quantitative estimate of drug-likeness (QED) is 0.407. The zero-order valence-corrected chi connectivity index (χ0v) is 15.4. The number of anilines is 1. The van der Waals surface area contributed by atoms with Crippen molar-refractivity contribution < 1.29 is 24.2 Å². The number of cyclic esters (lactones) is 1. The van der Waals surface area contributed by atoms with E-state index in [-0.39, 0.29) is 18.8 Å². The van der Waals surface area contributed by atoms with Crippen molar-refractivity contribution >= 4 is 29.5 Å². The van der Waals surface area contributed by atoms with Gasteiger partial charge in [0, 0.05) is 17.7 Å². The molecule has 2 unspecified atom stereocenters. The van der Waals surface area contributed by atoms with Crippen molar-refractivity contribution in [1.82, 2.24) is 5.32 Å². The molecule has 0 aliphatic carbocycles. The summed E-state index contributed by atoms with van der Waals surface area (Å²) in [4.78, 5) is 37.4. The minimum absolute atomic E-state index is 0.0538. The van der Waals surface area contributed by atoms with E-state index < -0.39 is 30.1 Å². The number of benzene rings is 2. The van der Waals surface area contributed by atoms with Gasteiger partial charge in [-0.15, -0.1) is 0 Å². The first-order chi connectivity index (χ1) is 13.8. The number of ether oxygens (including phenoxy) is 1. The van der Waals surface area contributed by atoms with Crippen LogP contribution in [0.15, 0.2) is 54.6 Å². The van der Waals surface area contributed by atoms with Crippen LogP contribution in [0.2, 0.25) is 0 Å². The normalized spacial score (nSPS) is 16.8. The maximum Gasteiger partial charge on any atom is 0.415 e. The number of nitrogens with two attached hydrogens (primary N) is 1. The lowest BCUT2D eigenvalue weighted by atomic mass is 10.1. The van der Waals surface area contributed by atoms with Crippen LogP contribution in [0.5, 0.6) is 0 Å². The Hall–Kier alpha value is -3.88. The summed E-state index contributed by atoms with van der Waals surface area (Å²) in [6.45, 7) is -0.0538. The number of hydrogen-bond acceptors (Lipinski definition) is 5. The molecule has 2 amide bonds. The number of amides is 2. The van der Waals surface area contributed by atoms with Gasteiger partial charge in [0.05, 0.1) is 6.54 Å². The lowest BCUT2D eigenvalue weighted by Gasteiger charge is -2.17. The molecule has 0 spiro atoms. The average Bonchev–Trinajstić information content (AvgIpc) is 3.10. The lowest BCUT2D eigenvalue weighted by Crippen LogP contribution is -2.47. The van der Waals surface area contributed by atoms with Crippen molar-refractivity contribution in [1.29, 1.82) is 5.41 Å². The van der Waals surface area contributed by atoms with E-state index in [0.29, 0.717) is 11.3 Å². The monoisotopic (exact) mass is 396 g/mol.